The van der Waals surface area contributed by atoms with E-state index in [4.69, 9.17) is 0 Å². The summed E-state index contributed by atoms with van der Waals surface area (Å²) in [6.45, 7) is 0.698. The maximum atomic E-state index is 12.2. The van der Waals surface area contributed by atoms with Crippen molar-refractivity contribution in [3.63, 3.8) is 0 Å². The highest BCUT2D eigenvalue weighted by atomic mass is 32.1. The largest absolute Gasteiger partial charge is 0.341 e. The van der Waals surface area contributed by atoms with Crippen LogP contribution >= 0.6 is 11.5 Å². The molecule has 0 aliphatic carbocycles. The minimum absolute atomic E-state index is 0.0155. The van der Waals surface area contributed by atoms with E-state index in [0.717, 1.165) is 6.42 Å². The summed E-state index contributed by atoms with van der Waals surface area (Å²) < 4.78 is 3.70. The van der Waals surface area contributed by atoms with E-state index in [1.165, 1.54) is 11.5 Å². The quantitative estimate of drug-likeness (QED) is 0.704. The summed E-state index contributed by atoms with van der Waals surface area (Å²) in [5.41, 5.74) is 0.387. The van der Waals surface area contributed by atoms with Crippen LogP contribution in [0.3, 0.4) is 0 Å². The first-order valence-corrected chi connectivity index (χ1v) is 6.36. The van der Waals surface area contributed by atoms with Crippen molar-refractivity contribution in [2.45, 2.75) is 24.9 Å². The van der Waals surface area contributed by atoms with Gasteiger partial charge in [0.25, 0.3) is 5.91 Å². The standard InChI is InChI=1S/C10H12N4O2S/c1-13-7-2-3-14(8(7)4-9(13)15)10(16)6-5-17-12-11-6/h5,7-8H,2-4H2,1H3/t7-,8-/m0/s1. The molecule has 0 radical (unpaired) electrons. The van der Waals surface area contributed by atoms with E-state index in [2.05, 4.69) is 9.59 Å². The van der Waals surface area contributed by atoms with Crippen molar-refractivity contribution in [3.8, 4) is 0 Å². The van der Waals surface area contributed by atoms with Crippen molar-refractivity contribution < 1.29 is 9.59 Å². The third-order valence-electron chi connectivity index (χ3n) is 3.62. The first-order valence-electron chi connectivity index (χ1n) is 5.52. The highest BCUT2D eigenvalue weighted by molar-refractivity contribution is 7.03. The van der Waals surface area contributed by atoms with E-state index < -0.39 is 0 Å². The Hall–Kier alpha value is -1.50. The number of rotatable bonds is 1. The zero-order valence-electron chi connectivity index (χ0n) is 9.37. The first kappa shape index (κ1) is 10.6. The molecule has 6 nitrogen and oxygen atoms in total. The third kappa shape index (κ3) is 1.53. The van der Waals surface area contributed by atoms with Gasteiger partial charge in [-0.05, 0) is 18.0 Å². The van der Waals surface area contributed by atoms with Gasteiger partial charge in [-0.2, -0.15) is 0 Å². The number of amides is 2. The molecule has 2 aliphatic rings. The second-order valence-corrected chi connectivity index (χ2v) is 5.03. The Balaban J connectivity index is 1.83. The molecule has 0 bridgehead atoms. The van der Waals surface area contributed by atoms with Crippen LogP contribution in [0.4, 0.5) is 0 Å². The average molecular weight is 252 g/mol. The normalized spacial score (nSPS) is 27.7. The molecule has 0 saturated carbocycles. The van der Waals surface area contributed by atoms with Crippen LogP contribution in [0.5, 0.6) is 0 Å². The van der Waals surface area contributed by atoms with Crippen molar-refractivity contribution in [2.75, 3.05) is 13.6 Å². The molecule has 1 aromatic heterocycles. The maximum absolute atomic E-state index is 12.2. The van der Waals surface area contributed by atoms with Crippen molar-refractivity contribution in [3.05, 3.63) is 11.1 Å². The number of fused-ring (bicyclic) bond motifs is 1. The lowest BCUT2D eigenvalue weighted by molar-refractivity contribution is -0.127. The molecule has 90 valence electrons. The molecule has 0 spiro atoms. The molecular weight excluding hydrogens is 240 g/mol. The Morgan fingerprint density at radius 3 is 3.06 bits per heavy atom. The summed E-state index contributed by atoms with van der Waals surface area (Å²) in [6, 6.07) is 0.194. The number of hydrogen-bond donors (Lipinski definition) is 0. The van der Waals surface area contributed by atoms with Crippen LogP contribution in [-0.2, 0) is 4.79 Å². The molecule has 2 atom stereocenters. The Morgan fingerprint density at radius 2 is 2.35 bits per heavy atom. The molecule has 3 rings (SSSR count). The van der Waals surface area contributed by atoms with E-state index in [0.29, 0.717) is 18.7 Å². The van der Waals surface area contributed by atoms with Crippen LogP contribution in [0.1, 0.15) is 23.3 Å². The van der Waals surface area contributed by atoms with E-state index in [9.17, 15) is 9.59 Å². The Labute approximate surface area is 102 Å². The monoisotopic (exact) mass is 252 g/mol. The van der Waals surface area contributed by atoms with Gasteiger partial charge in [0.1, 0.15) is 0 Å². The lowest BCUT2D eigenvalue weighted by Gasteiger charge is -2.22. The zero-order valence-corrected chi connectivity index (χ0v) is 10.2. The number of hydrogen-bond acceptors (Lipinski definition) is 5. The minimum Gasteiger partial charge on any atom is -0.341 e. The first-order chi connectivity index (χ1) is 8.18. The number of nitrogens with zero attached hydrogens (tertiary/aromatic N) is 4. The van der Waals surface area contributed by atoms with Crippen molar-refractivity contribution in [2.24, 2.45) is 0 Å². The molecule has 1 aromatic rings. The Bertz CT molecular complexity index is 461. The highest BCUT2D eigenvalue weighted by Crippen LogP contribution is 2.32. The molecule has 2 amide bonds. The van der Waals surface area contributed by atoms with Crippen LogP contribution in [0.25, 0.3) is 0 Å². The van der Waals surface area contributed by atoms with Gasteiger partial charge in [0.05, 0.1) is 12.1 Å². The number of carbonyl (C=O) groups is 2. The molecule has 3 heterocycles. The number of aromatic nitrogens is 2. The van der Waals surface area contributed by atoms with Gasteiger partial charge in [-0.25, -0.2) is 0 Å². The molecule has 0 aromatic carbocycles. The summed E-state index contributed by atoms with van der Waals surface area (Å²) in [7, 11) is 1.81. The molecular formula is C10H12N4O2S. The molecule has 2 aliphatic heterocycles. The van der Waals surface area contributed by atoms with Gasteiger partial charge in [0.15, 0.2) is 5.69 Å². The predicted molar refractivity (Wildman–Crippen MR) is 60.5 cm³/mol. The highest BCUT2D eigenvalue weighted by Gasteiger charge is 2.47. The Morgan fingerprint density at radius 1 is 1.53 bits per heavy atom. The van der Waals surface area contributed by atoms with Crippen molar-refractivity contribution >= 4 is 23.3 Å². The topological polar surface area (TPSA) is 66.4 Å². The van der Waals surface area contributed by atoms with Crippen molar-refractivity contribution in [1.29, 1.82) is 0 Å². The van der Waals surface area contributed by atoms with Crippen LogP contribution in [0, 0.1) is 0 Å². The van der Waals surface area contributed by atoms with Gasteiger partial charge in [-0.1, -0.05) is 4.49 Å². The molecule has 0 N–H and O–H groups in total. The second-order valence-electron chi connectivity index (χ2n) is 4.42. The van der Waals surface area contributed by atoms with Gasteiger partial charge in [-0.3, -0.25) is 9.59 Å². The second kappa shape index (κ2) is 3.76. The van der Waals surface area contributed by atoms with E-state index >= 15 is 0 Å². The predicted octanol–water partition coefficient (Wildman–Crippen LogP) is -0.0167. The molecule has 0 unspecified atom stereocenters. The molecule has 2 fully saturated rings. The van der Waals surface area contributed by atoms with Gasteiger partial charge in [0.2, 0.25) is 5.91 Å². The summed E-state index contributed by atoms with van der Waals surface area (Å²) in [6.07, 6.45) is 1.29. The van der Waals surface area contributed by atoms with E-state index in [1.807, 2.05) is 7.05 Å². The summed E-state index contributed by atoms with van der Waals surface area (Å²) in [5.74, 6) is 0.0169. The van der Waals surface area contributed by atoms with Crippen molar-refractivity contribution in [1.82, 2.24) is 19.4 Å². The summed E-state index contributed by atoms with van der Waals surface area (Å²) >= 11 is 1.17. The lowest BCUT2D eigenvalue weighted by atomic mass is 10.1. The van der Waals surface area contributed by atoms with E-state index in [-0.39, 0.29) is 23.9 Å². The number of likely N-dealkylation sites (N-methyl/N-ethyl adjacent to an activating group) is 1. The third-order valence-corrected chi connectivity index (χ3v) is 4.13. The Kier molecular flexibility index (Phi) is 2.36. The van der Waals surface area contributed by atoms with Gasteiger partial charge >= 0.3 is 0 Å². The molecule has 7 heteroatoms. The van der Waals surface area contributed by atoms with Crippen LogP contribution in [0.15, 0.2) is 5.38 Å². The smallest absolute Gasteiger partial charge is 0.275 e. The zero-order chi connectivity index (χ0) is 12.0. The average Bonchev–Trinajstić information content (AvgIpc) is 2.99. The fourth-order valence-corrected chi connectivity index (χ4v) is 3.13. The SMILES string of the molecule is CN1C(=O)C[C@H]2[C@@H]1CCN2C(=O)c1csnn1. The fourth-order valence-electron chi connectivity index (χ4n) is 2.70. The van der Waals surface area contributed by atoms with Crippen LogP contribution in [-0.4, -0.2) is 56.9 Å². The lowest BCUT2D eigenvalue weighted by Crippen LogP contribution is -2.39. The van der Waals surface area contributed by atoms with E-state index in [1.54, 1.807) is 15.2 Å². The fraction of sp³-hybridized carbons (Fsp3) is 0.600. The summed E-state index contributed by atoms with van der Waals surface area (Å²) in [4.78, 5) is 27.3. The number of likely N-dealkylation sites (tertiary alicyclic amines) is 2. The van der Waals surface area contributed by atoms with Gasteiger partial charge < -0.3 is 9.80 Å². The minimum atomic E-state index is -0.102. The van der Waals surface area contributed by atoms with Crippen LogP contribution in [0.2, 0.25) is 0 Å². The summed E-state index contributed by atoms with van der Waals surface area (Å²) in [5, 5.41) is 5.44. The van der Waals surface area contributed by atoms with Gasteiger partial charge in [0, 0.05) is 25.4 Å². The molecule has 2 saturated heterocycles. The maximum Gasteiger partial charge on any atom is 0.275 e. The van der Waals surface area contributed by atoms with Crippen LogP contribution < -0.4 is 0 Å². The molecule has 17 heavy (non-hydrogen) atoms. The number of carbonyl (C=O) groups excluding carboxylic acids is 2. The van der Waals surface area contributed by atoms with Gasteiger partial charge in [-0.15, -0.1) is 5.10 Å².